The summed E-state index contributed by atoms with van der Waals surface area (Å²) >= 11 is 0. The maximum absolute atomic E-state index is 12.0. The summed E-state index contributed by atoms with van der Waals surface area (Å²) in [4.78, 5) is 25.5. The maximum atomic E-state index is 12.0. The van der Waals surface area contributed by atoms with Crippen molar-refractivity contribution < 1.29 is 9.59 Å². The van der Waals surface area contributed by atoms with E-state index in [1.807, 2.05) is 24.3 Å². The minimum absolute atomic E-state index is 0.0355. The molecular weight excluding hydrogens is 264 g/mol. The van der Waals surface area contributed by atoms with Gasteiger partial charge in [0.05, 0.1) is 0 Å². The van der Waals surface area contributed by atoms with Crippen LogP contribution in [0.4, 0.5) is 5.69 Å². The SMILES string of the molecule is CCCCCNC(=O)CC1CN(C(C)=O)c2ccccc21. The first-order valence-corrected chi connectivity index (χ1v) is 7.77. The predicted octanol–water partition coefficient (Wildman–Crippen LogP) is 2.83. The number of hydrogen-bond donors (Lipinski definition) is 1. The Morgan fingerprint density at radius 1 is 1.29 bits per heavy atom. The van der Waals surface area contributed by atoms with Crippen LogP contribution in [0.1, 0.15) is 51.0 Å². The molecule has 1 N–H and O–H groups in total. The second-order valence-corrected chi connectivity index (χ2v) is 5.65. The summed E-state index contributed by atoms with van der Waals surface area (Å²) in [5, 5.41) is 2.98. The molecule has 21 heavy (non-hydrogen) atoms. The quantitative estimate of drug-likeness (QED) is 0.818. The van der Waals surface area contributed by atoms with E-state index < -0.39 is 0 Å². The van der Waals surface area contributed by atoms with E-state index >= 15 is 0 Å². The van der Waals surface area contributed by atoms with E-state index in [2.05, 4.69) is 12.2 Å². The number of anilines is 1. The molecule has 2 amide bonds. The average Bonchev–Trinajstić information content (AvgIpc) is 2.83. The normalized spacial score (nSPS) is 16.7. The molecule has 4 heteroatoms. The largest absolute Gasteiger partial charge is 0.356 e. The molecule has 1 atom stereocenters. The van der Waals surface area contributed by atoms with Crippen LogP contribution in [0.25, 0.3) is 0 Å². The van der Waals surface area contributed by atoms with Crippen molar-refractivity contribution in [1.29, 1.82) is 0 Å². The minimum atomic E-state index is 0.0355. The van der Waals surface area contributed by atoms with Gasteiger partial charge < -0.3 is 10.2 Å². The van der Waals surface area contributed by atoms with Crippen molar-refractivity contribution in [3.8, 4) is 0 Å². The van der Waals surface area contributed by atoms with E-state index in [9.17, 15) is 9.59 Å². The Labute approximate surface area is 126 Å². The molecule has 0 saturated carbocycles. The van der Waals surface area contributed by atoms with Gasteiger partial charge in [-0.3, -0.25) is 9.59 Å². The van der Waals surface area contributed by atoms with Crippen molar-refractivity contribution in [3.05, 3.63) is 29.8 Å². The summed E-state index contributed by atoms with van der Waals surface area (Å²) in [5.41, 5.74) is 2.06. The average molecular weight is 288 g/mol. The summed E-state index contributed by atoms with van der Waals surface area (Å²) in [5.74, 6) is 0.223. The Hall–Kier alpha value is -1.84. The molecule has 1 aliphatic heterocycles. The Balaban J connectivity index is 1.95. The van der Waals surface area contributed by atoms with Gasteiger partial charge in [-0.25, -0.2) is 0 Å². The van der Waals surface area contributed by atoms with Crippen molar-refractivity contribution in [2.75, 3.05) is 18.0 Å². The van der Waals surface area contributed by atoms with Crippen LogP contribution in [0, 0.1) is 0 Å². The molecule has 4 nitrogen and oxygen atoms in total. The van der Waals surface area contributed by atoms with E-state index in [4.69, 9.17) is 0 Å². The van der Waals surface area contributed by atoms with Crippen LogP contribution in [-0.4, -0.2) is 24.9 Å². The smallest absolute Gasteiger partial charge is 0.223 e. The molecule has 0 radical (unpaired) electrons. The highest BCUT2D eigenvalue weighted by Crippen LogP contribution is 2.37. The van der Waals surface area contributed by atoms with Gasteiger partial charge >= 0.3 is 0 Å². The monoisotopic (exact) mass is 288 g/mol. The molecule has 0 spiro atoms. The van der Waals surface area contributed by atoms with Crippen molar-refractivity contribution in [2.45, 2.75) is 45.4 Å². The van der Waals surface area contributed by atoms with Gasteiger partial charge in [-0.05, 0) is 18.1 Å². The lowest BCUT2D eigenvalue weighted by molar-refractivity contribution is -0.121. The zero-order chi connectivity index (χ0) is 15.2. The molecule has 0 aliphatic carbocycles. The van der Waals surface area contributed by atoms with Crippen LogP contribution in [0.3, 0.4) is 0 Å². The summed E-state index contributed by atoms with van der Waals surface area (Å²) in [7, 11) is 0. The topological polar surface area (TPSA) is 49.4 Å². The van der Waals surface area contributed by atoms with Crippen LogP contribution in [-0.2, 0) is 9.59 Å². The number of hydrogen-bond acceptors (Lipinski definition) is 2. The van der Waals surface area contributed by atoms with E-state index in [1.54, 1.807) is 11.8 Å². The summed E-state index contributed by atoms with van der Waals surface area (Å²) in [6.45, 7) is 5.08. The lowest BCUT2D eigenvalue weighted by atomic mass is 9.97. The standard InChI is InChI=1S/C17H24N2O2/c1-3-4-7-10-18-17(21)11-14-12-19(13(2)20)16-9-6-5-8-15(14)16/h5-6,8-9,14H,3-4,7,10-12H2,1-2H3,(H,18,21). The molecule has 1 aromatic rings. The first-order chi connectivity index (χ1) is 10.1. The number of nitrogens with one attached hydrogen (secondary N) is 1. The number of para-hydroxylation sites is 1. The third kappa shape index (κ3) is 3.84. The molecule has 1 unspecified atom stereocenters. The fourth-order valence-electron chi connectivity index (χ4n) is 2.87. The van der Waals surface area contributed by atoms with Crippen LogP contribution in [0.2, 0.25) is 0 Å². The predicted molar refractivity (Wildman–Crippen MR) is 84.4 cm³/mol. The number of carbonyl (C=O) groups is 2. The van der Waals surface area contributed by atoms with Crippen molar-refractivity contribution in [3.63, 3.8) is 0 Å². The number of unbranched alkanes of at least 4 members (excludes halogenated alkanes) is 2. The highest BCUT2D eigenvalue weighted by molar-refractivity contribution is 5.94. The number of carbonyl (C=O) groups excluding carboxylic acids is 2. The number of amides is 2. The van der Waals surface area contributed by atoms with E-state index in [-0.39, 0.29) is 17.7 Å². The fraction of sp³-hybridized carbons (Fsp3) is 0.529. The maximum Gasteiger partial charge on any atom is 0.223 e. The lowest BCUT2D eigenvalue weighted by Crippen LogP contribution is -2.30. The Kier molecular flexibility index (Phi) is 5.37. The summed E-state index contributed by atoms with van der Waals surface area (Å²) < 4.78 is 0. The second-order valence-electron chi connectivity index (χ2n) is 5.65. The van der Waals surface area contributed by atoms with E-state index in [0.717, 1.165) is 37.1 Å². The number of fused-ring (bicyclic) bond motifs is 1. The van der Waals surface area contributed by atoms with Crippen molar-refractivity contribution in [1.82, 2.24) is 5.32 Å². The van der Waals surface area contributed by atoms with Gasteiger partial charge in [0.1, 0.15) is 0 Å². The van der Waals surface area contributed by atoms with Crippen molar-refractivity contribution in [2.24, 2.45) is 0 Å². The van der Waals surface area contributed by atoms with Crippen LogP contribution in [0.15, 0.2) is 24.3 Å². The molecular formula is C17H24N2O2. The molecule has 1 heterocycles. The molecule has 0 saturated heterocycles. The lowest BCUT2D eigenvalue weighted by Gasteiger charge is -2.15. The second kappa shape index (κ2) is 7.25. The van der Waals surface area contributed by atoms with E-state index in [1.165, 1.54) is 0 Å². The summed E-state index contributed by atoms with van der Waals surface area (Å²) in [6.07, 6.45) is 3.78. The van der Waals surface area contributed by atoms with Gasteiger partial charge in [-0.2, -0.15) is 0 Å². The molecule has 2 rings (SSSR count). The number of rotatable bonds is 6. The van der Waals surface area contributed by atoms with Gasteiger partial charge in [-0.1, -0.05) is 38.0 Å². The van der Waals surface area contributed by atoms with Crippen LogP contribution < -0.4 is 10.2 Å². The van der Waals surface area contributed by atoms with Crippen LogP contribution in [0.5, 0.6) is 0 Å². The van der Waals surface area contributed by atoms with Crippen molar-refractivity contribution >= 4 is 17.5 Å². The first-order valence-electron chi connectivity index (χ1n) is 7.77. The molecule has 1 aliphatic rings. The van der Waals surface area contributed by atoms with E-state index in [0.29, 0.717) is 13.0 Å². The van der Waals surface area contributed by atoms with Gasteiger partial charge in [0.15, 0.2) is 0 Å². The molecule has 0 bridgehead atoms. The molecule has 0 aromatic heterocycles. The van der Waals surface area contributed by atoms with Gasteiger partial charge in [0.2, 0.25) is 11.8 Å². The van der Waals surface area contributed by atoms with Crippen LogP contribution >= 0.6 is 0 Å². The van der Waals surface area contributed by atoms with Gasteiger partial charge in [-0.15, -0.1) is 0 Å². The fourth-order valence-corrected chi connectivity index (χ4v) is 2.87. The number of nitrogens with zero attached hydrogens (tertiary/aromatic N) is 1. The number of benzene rings is 1. The highest BCUT2D eigenvalue weighted by atomic mass is 16.2. The Bertz CT molecular complexity index is 513. The molecule has 114 valence electrons. The van der Waals surface area contributed by atoms with Gasteiger partial charge in [0, 0.05) is 38.0 Å². The van der Waals surface area contributed by atoms with Gasteiger partial charge in [0.25, 0.3) is 0 Å². The Morgan fingerprint density at radius 2 is 2.05 bits per heavy atom. The highest BCUT2D eigenvalue weighted by Gasteiger charge is 2.31. The summed E-state index contributed by atoms with van der Waals surface area (Å²) in [6, 6.07) is 7.87. The first kappa shape index (κ1) is 15.5. The third-order valence-electron chi connectivity index (χ3n) is 3.98. The molecule has 0 fully saturated rings. The Morgan fingerprint density at radius 3 is 2.76 bits per heavy atom. The zero-order valence-electron chi connectivity index (χ0n) is 12.9. The molecule has 1 aromatic carbocycles. The zero-order valence-corrected chi connectivity index (χ0v) is 12.9. The minimum Gasteiger partial charge on any atom is -0.356 e. The third-order valence-corrected chi connectivity index (χ3v) is 3.98.